The summed E-state index contributed by atoms with van der Waals surface area (Å²) < 4.78 is 0. The number of hydrogen-bond acceptors (Lipinski definition) is 3. The molecule has 0 heterocycles. The minimum Gasteiger partial charge on any atom is -0.352 e. The number of amides is 1. The van der Waals surface area contributed by atoms with Gasteiger partial charge in [-0.15, -0.1) is 24.8 Å². The first kappa shape index (κ1) is 23.5. The molecule has 0 saturated heterocycles. The van der Waals surface area contributed by atoms with Crippen molar-refractivity contribution >= 4 is 30.7 Å². The molecule has 3 N–H and O–H groups in total. The average Bonchev–Trinajstić information content (AvgIpc) is 2.45. The Balaban J connectivity index is 0. The lowest BCUT2D eigenvalue weighted by molar-refractivity contribution is 0.0953. The predicted molar refractivity (Wildman–Crippen MR) is 98.2 cm³/mol. The molecule has 6 heteroatoms. The minimum atomic E-state index is -0.0267. The Hall–Kier alpha value is -0.810. The van der Waals surface area contributed by atoms with Crippen molar-refractivity contribution in [3.63, 3.8) is 0 Å². The van der Waals surface area contributed by atoms with E-state index >= 15 is 0 Å². The number of carbonyl (C=O) groups is 1. The highest BCUT2D eigenvalue weighted by molar-refractivity contribution is 5.94. The highest BCUT2D eigenvalue weighted by Crippen LogP contribution is 2.10. The number of hydrogen-bond donors (Lipinski definition) is 2. The second-order valence-corrected chi connectivity index (χ2v) is 5.25. The van der Waals surface area contributed by atoms with E-state index in [9.17, 15) is 4.79 Å². The van der Waals surface area contributed by atoms with Gasteiger partial charge in [0.1, 0.15) is 0 Å². The van der Waals surface area contributed by atoms with E-state index in [1.165, 1.54) is 5.56 Å². The SMILES string of the molecule is CCN(Cc1ccc(C(=O)NCCCN)cc1)C(C)C.Cl.Cl. The number of nitrogens with zero attached hydrogens (tertiary/aromatic N) is 1. The maximum atomic E-state index is 11.9. The van der Waals surface area contributed by atoms with E-state index in [-0.39, 0.29) is 30.7 Å². The lowest BCUT2D eigenvalue weighted by atomic mass is 10.1. The van der Waals surface area contributed by atoms with E-state index < -0.39 is 0 Å². The minimum absolute atomic E-state index is 0. The van der Waals surface area contributed by atoms with Gasteiger partial charge in [-0.3, -0.25) is 9.69 Å². The van der Waals surface area contributed by atoms with Gasteiger partial charge in [0.2, 0.25) is 0 Å². The van der Waals surface area contributed by atoms with Crippen LogP contribution in [0.25, 0.3) is 0 Å². The van der Waals surface area contributed by atoms with Crippen molar-refractivity contribution < 1.29 is 4.79 Å². The Morgan fingerprint density at radius 3 is 2.27 bits per heavy atom. The first-order chi connectivity index (χ1) is 9.58. The van der Waals surface area contributed by atoms with Crippen LogP contribution in [0.1, 0.15) is 43.1 Å². The molecule has 0 aromatic heterocycles. The lowest BCUT2D eigenvalue weighted by Crippen LogP contribution is -2.30. The number of rotatable bonds is 8. The second-order valence-electron chi connectivity index (χ2n) is 5.25. The largest absolute Gasteiger partial charge is 0.352 e. The number of nitrogens with one attached hydrogen (secondary N) is 1. The summed E-state index contributed by atoms with van der Waals surface area (Å²) in [5.74, 6) is -0.0267. The van der Waals surface area contributed by atoms with Crippen molar-refractivity contribution in [1.29, 1.82) is 0 Å². The molecule has 1 rings (SSSR count). The van der Waals surface area contributed by atoms with Crippen molar-refractivity contribution in [1.82, 2.24) is 10.2 Å². The third-order valence-electron chi connectivity index (χ3n) is 3.40. The molecule has 4 nitrogen and oxygen atoms in total. The summed E-state index contributed by atoms with van der Waals surface area (Å²) in [7, 11) is 0. The molecule has 22 heavy (non-hydrogen) atoms. The molecule has 0 bridgehead atoms. The van der Waals surface area contributed by atoms with Gasteiger partial charge in [0.25, 0.3) is 5.91 Å². The molecule has 0 aliphatic carbocycles. The van der Waals surface area contributed by atoms with Crippen LogP contribution in [-0.2, 0) is 6.54 Å². The van der Waals surface area contributed by atoms with E-state index in [1.54, 1.807) is 0 Å². The molecule has 0 aliphatic rings. The molecule has 0 unspecified atom stereocenters. The molecule has 1 amide bonds. The van der Waals surface area contributed by atoms with Gasteiger partial charge in [-0.1, -0.05) is 19.1 Å². The van der Waals surface area contributed by atoms with Crippen molar-refractivity contribution in [3.05, 3.63) is 35.4 Å². The van der Waals surface area contributed by atoms with Crippen LogP contribution in [0.2, 0.25) is 0 Å². The molecule has 0 atom stereocenters. The summed E-state index contributed by atoms with van der Waals surface area (Å²) in [5.41, 5.74) is 7.34. The zero-order chi connectivity index (χ0) is 15.0. The Morgan fingerprint density at radius 1 is 1.23 bits per heavy atom. The van der Waals surface area contributed by atoms with Gasteiger partial charge in [0.05, 0.1) is 0 Å². The average molecular weight is 350 g/mol. The molecule has 0 aliphatic heterocycles. The number of halogens is 2. The van der Waals surface area contributed by atoms with Gasteiger partial charge >= 0.3 is 0 Å². The fraction of sp³-hybridized carbons (Fsp3) is 0.562. The summed E-state index contributed by atoms with van der Waals surface area (Å²) in [4.78, 5) is 14.2. The Labute approximate surface area is 146 Å². The first-order valence-electron chi connectivity index (χ1n) is 7.39. The van der Waals surface area contributed by atoms with E-state index in [2.05, 4.69) is 31.0 Å². The van der Waals surface area contributed by atoms with Crippen LogP contribution in [0.15, 0.2) is 24.3 Å². The van der Waals surface area contributed by atoms with Crippen LogP contribution in [-0.4, -0.2) is 36.5 Å². The Morgan fingerprint density at radius 2 is 1.82 bits per heavy atom. The molecule has 0 radical (unpaired) electrons. The van der Waals surface area contributed by atoms with Gasteiger partial charge in [0.15, 0.2) is 0 Å². The van der Waals surface area contributed by atoms with Gasteiger partial charge in [-0.05, 0) is 51.1 Å². The maximum absolute atomic E-state index is 11.9. The fourth-order valence-corrected chi connectivity index (χ4v) is 2.06. The van der Waals surface area contributed by atoms with E-state index in [1.807, 2.05) is 24.3 Å². The standard InChI is InChI=1S/C16H27N3O.2ClH/c1-4-19(13(2)3)12-14-6-8-15(9-7-14)16(20)18-11-5-10-17;;/h6-9,13H,4-5,10-12,17H2,1-3H3,(H,18,20);2*1H. The number of benzene rings is 1. The zero-order valence-electron chi connectivity index (χ0n) is 13.7. The molecular formula is C16H29Cl2N3O. The van der Waals surface area contributed by atoms with E-state index in [0.29, 0.717) is 24.7 Å². The quantitative estimate of drug-likeness (QED) is 0.709. The van der Waals surface area contributed by atoms with Gasteiger partial charge in [0, 0.05) is 24.7 Å². The molecule has 0 spiro atoms. The first-order valence-corrected chi connectivity index (χ1v) is 7.39. The van der Waals surface area contributed by atoms with Crippen LogP contribution >= 0.6 is 24.8 Å². The molecule has 0 saturated carbocycles. The fourth-order valence-electron chi connectivity index (χ4n) is 2.06. The Kier molecular flexibility index (Phi) is 13.5. The van der Waals surface area contributed by atoms with Gasteiger partial charge in [-0.2, -0.15) is 0 Å². The summed E-state index contributed by atoms with van der Waals surface area (Å²) in [5, 5.41) is 2.86. The van der Waals surface area contributed by atoms with Crippen LogP contribution in [0, 0.1) is 0 Å². The zero-order valence-corrected chi connectivity index (χ0v) is 15.3. The summed E-state index contributed by atoms with van der Waals surface area (Å²) in [6.07, 6.45) is 0.809. The van der Waals surface area contributed by atoms with Crippen LogP contribution < -0.4 is 11.1 Å². The van der Waals surface area contributed by atoms with Crippen LogP contribution in [0.3, 0.4) is 0 Å². The number of nitrogens with two attached hydrogens (primary N) is 1. The maximum Gasteiger partial charge on any atom is 0.251 e. The van der Waals surface area contributed by atoms with Crippen molar-refractivity contribution in [2.45, 2.75) is 39.8 Å². The topological polar surface area (TPSA) is 58.4 Å². The second kappa shape index (κ2) is 12.7. The molecular weight excluding hydrogens is 321 g/mol. The molecule has 128 valence electrons. The van der Waals surface area contributed by atoms with Crippen LogP contribution in [0.5, 0.6) is 0 Å². The summed E-state index contributed by atoms with van der Waals surface area (Å²) >= 11 is 0. The molecule has 0 fully saturated rings. The van der Waals surface area contributed by atoms with Crippen LogP contribution in [0.4, 0.5) is 0 Å². The molecule has 1 aromatic rings. The highest BCUT2D eigenvalue weighted by Gasteiger charge is 2.09. The smallest absolute Gasteiger partial charge is 0.251 e. The lowest BCUT2D eigenvalue weighted by Gasteiger charge is -2.24. The summed E-state index contributed by atoms with van der Waals surface area (Å²) in [6, 6.07) is 8.37. The van der Waals surface area contributed by atoms with Crippen molar-refractivity contribution in [2.24, 2.45) is 5.73 Å². The summed E-state index contributed by atoms with van der Waals surface area (Å²) in [6.45, 7) is 9.74. The van der Waals surface area contributed by atoms with Gasteiger partial charge < -0.3 is 11.1 Å². The third kappa shape index (κ3) is 7.99. The van der Waals surface area contributed by atoms with E-state index in [0.717, 1.165) is 19.5 Å². The third-order valence-corrected chi connectivity index (χ3v) is 3.40. The van der Waals surface area contributed by atoms with Crippen molar-refractivity contribution in [2.75, 3.05) is 19.6 Å². The van der Waals surface area contributed by atoms with E-state index in [4.69, 9.17) is 5.73 Å². The number of carbonyl (C=O) groups excluding carboxylic acids is 1. The highest BCUT2D eigenvalue weighted by atomic mass is 35.5. The Bertz CT molecular complexity index is 410. The normalized spacial score (nSPS) is 10.1. The molecule has 1 aromatic carbocycles. The van der Waals surface area contributed by atoms with Gasteiger partial charge in [-0.25, -0.2) is 0 Å². The van der Waals surface area contributed by atoms with Crippen molar-refractivity contribution in [3.8, 4) is 0 Å². The predicted octanol–water partition coefficient (Wildman–Crippen LogP) is 2.84. The monoisotopic (exact) mass is 349 g/mol.